The lowest BCUT2D eigenvalue weighted by molar-refractivity contribution is -0.134. The monoisotopic (exact) mass is 435 g/mol. The number of benzene rings is 1. The van der Waals surface area contributed by atoms with E-state index in [0.717, 1.165) is 5.56 Å². The molecule has 9 heteroatoms. The van der Waals surface area contributed by atoms with Gasteiger partial charge in [-0.25, -0.2) is 10.5 Å². The molecular formula is C21H26ClN3O5. The summed E-state index contributed by atoms with van der Waals surface area (Å²) in [6, 6.07) is 12.0. The quantitative estimate of drug-likeness (QED) is 0.155. The Balaban J connectivity index is 2.10. The molecule has 2 rings (SSSR count). The van der Waals surface area contributed by atoms with Crippen LogP contribution in [-0.2, 0) is 20.7 Å². The van der Waals surface area contributed by atoms with E-state index in [0.29, 0.717) is 18.6 Å². The average Bonchev–Trinajstić information content (AvgIpc) is 2.76. The van der Waals surface area contributed by atoms with Gasteiger partial charge in [0.2, 0.25) is 5.91 Å². The fraction of sp³-hybridized carbons (Fsp3) is 0.381. The molecule has 0 spiro atoms. The Morgan fingerprint density at radius 1 is 1.17 bits per heavy atom. The first-order chi connectivity index (χ1) is 14.5. The number of ether oxygens (including phenoxy) is 2. The number of hydroxylamine groups is 1. The van der Waals surface area contributed by atoms with Gasteiger partial charge in [-0.15, -0.1) is 0 Å². The van der Waals surface area contributed by atoms with Crippen molar-refractivity contribution in [2.75, 3.05) is 20.0 Å². The van der Waals surface area contributed by atoms with Gasteiger partial charge in [0.05, 0.1) is 18.2 Å². The summed E-state index contributed by atoms with van der Waals surface area (Å²) < 4.78 is 10.7. The number of hydrogen-bond acceptors (Lipinski definition) is 6. The van der Waals surface area contributed by atoms with Crippen LogP contribution in [0.3, 0.4) is 0 Å². The highest BCUT2D eigenvalue weighted by atomic mass is 35.5. The molecule has 0 saturated carbocycles. The Labute approximate surface area is 180 Å². The molecule has 2 amide bonds. The molecule has 2 unspecified atom stereocenters. The molecule has 1 aromatic heterocycles. The summed E-state index contributed by atoms with van der Waals surface area (Å²) in [6.07, 6.45) is 2.02. The van der Waals surface area contributed by atoms with Crippen molar-refractivity contribution in [3.63, 3.8) is 0 Å². The van der Waals surface area contributed by atoms with Crippen LogP contribution in [0.25, 0.3) is 0 Å². The Kier molecular flexibility index (Phi) is 10.2. The number of halogens is 1. The number of carbonyl (C=O) groups excluding carboxylic acids is 2. The van der Waals surface area contributed by atoms with Crippen LogP contribution in [0.1, 0.15) is 29.3 Å². The van der Waals surface area contributed by atoms with Crippen LogP contribution in [0, 0.1) is 5.92 Å². The van der Waals surface area contributed by atoms with Gasteiger partial charge in [-0.2, -0.15) is 0 Å². The van der Waals surface area contributed by atoms with Crippen molar-refractivity contribution in [3.05, 3.63) is 64.9 Å². The summed E-state index contributed by atoms with van der Waals surface area (Å²) >= 11 is 5.77. The average molecular weight is 436 g/mol. The smallest absolute Gasteiger partial charge is 0.253 e. The second-order valence-electron chi connectivity index (χ2n) is 6.62. The molecule has 0 aliphatic rings. The van der Waals surface area contributed by atoms with Gasteiger partial charge in [0.15, 0.2) is 0 Å². The van der Waals surface area contributed by atoms with Crippen molar-refractivity contribution in [3.8, 4) is 0 Å². The Bertz CT molecular complexity index is 789. The van der Waals surface area contributed by atoms with E-state index >= 15 is 0 Å². The molecular weight excluding hydrogens is 410 g/mol. The zero-order valence-corrected chi connectivity index (χ0v) is 17.5. The van der Waals surface area contributed by atoms with Crippen molar-refractivity contribution in [2.45, 2.75) is 25.8 Å². The number of amides is 2. The molecule has 0 radical (unpaired) electrons. The SMILES string of the molecule is CCOCOCC(CC(Cc1ccccc1)C(=O)NO)NC(=O)c1ccc(Cl)nc1. The Hall–Kier alpha value is -2.52. The van der Waals surface area contributed by atoms with Crippen LogP contribution in [0.15, 0.2) is 48.7 Å². The summed E-state index contributed by atoms with van der Waals surface area (Å²) in [5, 5.41) is 12.3. The Morgan fingerprint density at radius 2 is 1.93 bits per heavy atom. The molecule has 1 heterocycles. The van der Waals surface area contributed by atoms with Gasteiger partial charge in [0.25, 0.3) is 5.91 Å². The van der Waals surface area contributed by atoms with E-state index in [4.69, 9.17) is 26.3 Å². The molecule has 3 N–H and O–H groups in total. The maximum absolute atomic E-state index is 12.6. The molecule has 2 aromatic rings. The van der Waals surface area contributed by atoms with E-state index < -0.39 is 17.9 Å². The second kappa shape index (κ2) is 12.9. The van der Waals surface area contributed by atoms with Crippen molar-refractivity contribution in [1.29, 1.82) is 0 Å². The number of aromatic nitrogens is 1. The number of nitrogens with zero attached hydrogens (tertiary/aromatic N) is 1. The van der Waals surface area contributed by atoms with Crippen LogP contribution in [-0.4, -0.2) is 48.1 Å². The van der Waals surface area contributed by atoms with E-state index in [1.807, 2.05) is 37.3 Å². The topological polar surface area (TPSA) is 110 Å². The van der Waals surface area contributed by atoms with E-state index in [1.54, 1.807) is 11.5 Å². The third-order valence-corrected chi connectivity index (χ3v) is 4.61. The number of pyridine rings is 1. The van der Waals surface area contributed by atoms with Crippen LogP contribution in [0.2, 0.25) is 5.15 Å². The molecule has 0 fully saturated rings. The lowest BCUT2D eigenvalue weighted by atomic mass is 9.92. The predicted molar refractivity (Wildman–Crippen MR) is 111 cm³/mol. The molecule has 0 aliphatic heterocycles. The largest absolute Gasteiger partial charge is 0.356 e. The summed E-state index contributed by atoms with van der Waals surface area (Å²) in [5.74, 6) is -1.48. The van der Waals surface area contributed by atoms with Gasteiger partial charge >= 0.3 is 0 Å². The highest BCUT2D eigenvalue weighted by Crippen LogP contribution is 2.16. The number of hydrogen-bond donors (Lipinski definition) is 3. The molecule has 162 valence electrons. The third kappa shape index (κ3) is 8.08. The normalized spacial score (nSPS) is 12.8. The van der Waals surface area contributed by atoms with Gasteiger partial charge < -0.3 is 14.8 Å². The van der Waals surface area contributed by atoms with Crippen LogP contribution in [0.5, 0.6) is 0 Å². The fourth-order valence-electron chi connectivity index (χ4n) is 2.90. The molecule has 0 aliphatic carbocycles. The number of rotatable bonds is 12. The summed E-state index contributed by atoms with van der Waals surface area (Å²) in [5.41, 5.74) is 2.99. The second-order valence-corrected chi connectivity index (χ2v) is 7.01. The van der Waals surface area contributed by atoms with Gasteiger partial charge in [0, 0.05) is 18.7 Å². The van der Waals surface area contributed by atoms with E-state index in [1.165, 1.54) is 12.3 Å². The molecule has 0 saturated heterocycles. The molecule has 1 aromatic carbocycles. The minimum atomic E-state index is -0.582. The zero-order valence-electron chi connectivity index (χ0n) is 16.7. The van der Waals surface area contributed by atoms with Crippen LogP contribution in [0.4, 0.5) is 0 Å². The molecule has 2 atom stereocenters. The third-order valence-electron chi connectivity index (χ3n) is 4.39. The minimum absolute atomic E-state index is 0.0704. The van der Waals surface area contributed by atoms with Crippen LogP contribution < -0.4 is 10.8 Å². The van der Waals surface area contributed by atoms with E-state index in [2.05, 4.69) is 10.3 Å². The highest BCUT2D eigenvalue weighted by Gasteiger charge is 2.25. The molecule has 0 bridgehead atoms. The first-order valence-corrected chi connectivity index (χ1v) is 9.97. The van der Waals surface area contributed by atoms with Crippen molar-refractivity contribution in [2.24, 2.45) is 5.92 Å². The van der Waals surface area contributed by atoms with Gasteiger partial charge in [-0.1, -0.05) is 41.9 Å². The standard InChI is InChI=1S/C21H26ClN3O5/c1-2-29-14-30-13-18(24-20(26)16-8-9-19(22)23-12-16)11-17(21(27)25-28)10-15-6-4-3-5-7-15/h3-9,12,17-18,28H,2,10-11,13-14H2,1H3,(H,24,26)(H,25,27). The Morgan fingerprint density at radius 3 is 2.57 bits per heavy atom. The maximum atomic E-state index is 12.6. The number of nitrogens with one attached hydrogen (secondary N) is 2. The minimum Gasteiger partial charge on any atom is -0.356 e. The van der Waals surface area contributed by atoms with Crippen molar-refractivity contribution in [1.82, 2.24) is 15.8 Å². The lowest BCUT2D eigenvalue weighted by Crippen LogP contribution is -2.42. The zero-order chi connectivity index (χ0) is 21.8. The van der Waals surface area contributed by atoms with Gasteiger partial charge in [-0.3, -0.25) is 14.8 Å². The van der Waals surface area contributed by atoms with Gasteiger partial charge in [0.1, 0.15) is 11.9 Å². The van der Waals surface area contributed by atoms with Crippen molar-refractivity contribution < 1.29 is 24.3 Å². The first-order valence-electron chi connectivity index (χ1n) is 9.59. The molecule has 30 heavy (non-hydrogen) atoms. The van der Waals surface area contributed by atoms with Crippen molar-refractivity contribution >= 4 is 23.4 Å². The highest BCUT2D eigenvalue weighted by molar-refractivity contribution is 6.29. The van der Waals surface area contributed by atoms with E-state index in [9.17, 15) is 9.59 Å². The first kappa shape index (κ1) is 23.8. The van der Waals surface area contributed by atoms with Crippen LogP contribution >= 0.6 is 11.6 Å². The molecule has 8 nitrogen and oxygen atoms in total. The number of carbonyl (C=O) groups is 2. The van der Waals surface area contributed by atoms with Gasteiger partial charge in [-0.05, 0) is 37.5 Å². The summed E-state index contributed by atoms with van der Waals surface area (Å²) in [4.78, 5) is 28.8. The summed E-state index contributed by atoms with van der Waals surface area (Å²) in [6.45, 7) is 2.55. The maximum Gasteiger partial charge on any atom is 0.253 e. The lowest BCUT2D eigenvalue weighted by Gasteiger charge is -2.23. The summed E-state index contributed by atoms with van der Waals surface area (Å²) in [7, 11) is 0. The predicted octanol–water partition coefficient (Wildman–Crippen LogP) is 2.60. The van der Waals surface area contributed by atoms with E-state index in [-0.39, 0.29) is 30.9 Å². The fourth-order valence-corrected chi connectivity index (χ4v) is 3.01.